The number of hydrogen-bond donors (Lipinski definition) is 2. The number of fused-ring (bicyclic) bond motifs is 1. The first kappa shape index (κ1) is 16.4. The van der Waals surface area contributed by atoms with Crippen molar-refractivity contribution in [2.75, 3.05) is 17.2 Å². The number of nitrogens with one attached hydrogen (secondary N) is 2. The van der Waals surface area contributed by atoms with E-state index < -0.39 is 0 Å². The SMILES string of the molecule is CCOc1ccc(NC(=O)c2ccc3c(c2)NC(=O)[C@H](C)S3)cc1. The molecule has 6 heteroatoms. The van der Waals surface area contributed by atoms with Gasteiger partial charge in [0.25, 0.3) is 5.91 Å². The molecule has 1 aliphatic rings. The van der Waals surface area contributed by atoms with Gasteiger partial charge in [0.05, 0.1) is 17.5 Å². The maximum Gasteiger partial charge on any atom is 0.255 e. The van der Waals surface area contributed by atoms with Crippen molar-refractivity contribution in [1.82, 2.24) is 0 Å². The number of ether oxygens (including phenoxy) is 1. The molecule has 1 aliphatic heterocycles. The Morgan fingerprint density at radius 2 is 2.00 bits per heavy atom. The second-order valence-electron chi connectivity index (χ2n) is 5.37. The number of rotatable bonds is 4. The monoisotopic (exact) mass is 342 g/mol. The molecule has 0 unspecified atom stereocenters. The van der Waals surface area contributed by atoms with Crippen LogP contribution in [0.15, 0.2) is 47.4 Å². The van der Waals surface area contributed by atoms with Gasteiger partial charge in [-0.25, -0.2) is 0 Å². The Hall–Kier alpha value is -2.47. The Bertz CT molecular complexity index is 774. The number of benzene rings is 2. The lowest BCUT2D eigenvalue weighted by molar-refractivity contribution is -0.115. The molecule has 5 nitrogen and oxygen atoms in total. The molecule has 1 atom stereocenters. The minimum atomic E-state index is -0.222. The van der Waals surface area contributed by atoms with Crippen molar-refractivity contribution in [2.45, 2.75) is 24.0 Å². The van der Waals surface area contributed by atoms with Crippen LogP contribution in [0.3, 0.4) is 0 Å². The zero-order valence-corrected chi connectivity index (χ0v) is 14.3. The molecule has 2 N–H and O–H groups in total. The largest absolute Gasteiger partial charge is 0.494 e. The number of carbonyl (C=O) groups excluding carboxylic acids is 2. The number of anilines is 2. The van der Waals surface area contributed by atoms with Gasteiger partial charge in [0.1, 0.15) is 5.75 Å². The van der Waals surface area contributed by atoms with Gasteiger partial charge in [0, 0.05) is 16.1 Å². The summed E-state index contributed by atoms with van der Waals surface area (Å²) in [6.07, 6.45) is 0. The van der Waals surface area contributed by atoms with E-state index in [0.717, 1.165) is 10.6 Å². The van der Waals surface area contributed by atoms with Gasteiger partial charge in [-0.2, -0.15) is 0 Å². The Morgan fingerprint density at radius 1 is 1.25 bits per heavy atom. The Kier molecular flexibility index (Phi) is 4.76. The van der Waals surface area contributed by atoms with Crippen LogP contribution in [0.4, 0.5) is 11.4 Å². The van der Waals surface area contributed by atoms with E-state index in [1.807, 2.05) is 32.0 Å². The summed E-state index contributed by atoms with van der Waals surface area (Å²) in [5.41, 5.74) is 1.87. The van der Waals surface area contributed by atoms with E-state index in [-0.39, 0.29) is 17.1 Å². The van der Waals surface area contributed by atoms with Crippen molar-refractivity contribution in [3.8, 4) is 5.75 Å². The second kappa shape index (κ2) is 6.97. The van der Waals surface area contributed by atoms with Gasteiger partial charge in [0.15, 0.2) is 0 Å². The summed E-state index contributed by atoms with van der Waals surface area (Å²) < 4.78 is 5.38. The molecule has 1 heterocycles. The van der Waals surface area contributed by atoms with Gasteiger partial charge in [0.2, 0.25) is 5.91 Å². The molecular weight excluding hydrogens is 324 g/mol. The van der Waals surface area contributed by atoms with Crippen LogP contribution in [0.1, 0.15) is 24.2 Å². The van der Waals surface area contributed by atoms with Crippen LogP contribution >= 0.6 is 11.8 Å². The summed E-state index contributed by atoms with van der Waals surface area (Å²) in [7, 11) is 0. The van der Waals surface area contributed by atoms with Crippen LogP contribution in [-0.2, 0) is 4.79 Å². The van der Waals surface area contributed by atoms with Crippen molar-refractivity contribution in [1.29, 1.82) is 0 Å². The van der Waals surface area contributed by atoms with Crippen LogP contribution in [0.5, 0.6) is 5.75 Å². The van der Waals surface area contributed by atoms with E-state index in [1.54, 1.807) is 24.3 Å². The molecule has 2 aromatic rings. The Balaban J connectivity index is 1.73. The molecule has 124 valence electrons. The van der Waals surface area contributed by atoms with E-state index in [9.17, 15) is 9.59 Å². The van der Waals surface area contributed by atoms with E-state index in [0.29, 0.717) is 23.5 Å². The minimum Gasteiger partial charge on any atom is -0.494 e. The maximum atomic E-state index is 12.4. The van der Waals surface area contributed by atoms with Crippen LogP contribution in [0.25, 0.3) is 0 Å². The summed E-state index contributed by atoms with van der Waals surface area (Å²) in [4.78, 5) is 25.1. The van der Waals surface area contributed by atoms with Crippen LogP contribution < -0.4 is 15.4 Å². The topological polar surface area (TPSA) is 67.4 Å². The Labute approximate surface area is 144 Å². The average Bonchev–Trinajstić information content (AvgIpc) is 2.57. The minimum absolute atomic E-state index is 0.0448. The zero-order valence-electron chi connectivity index (χ0n) is 13.5. The summed E-state index contributed by atoms with van der Waals surface area (Å²) in [6, 6.07) is 12.5. The Morgan fingerprint density at radius 3 is 2.71 bits per heavy atom. The molecule has 24 heavy (non-hydrogen) atoms. The highest BCUT2D eigenvalue weighted by Crippen LogP contribution is 2.36. The smallest absolute Gasteiger partial charge is 0.255 e. The summed E-state index contributed by atoms with van der Waals surface area (Å²) >= 11 is 1.49. The highest BCUT2D eigenvalue weighted by atomic mass is 32.2. The van der Waals surface area contributed by atoms with E-state index in [2.05, 4.69) is 10.6 Å². The summed E-state index contributed by atoms with van der Waals surface area (Å²) in [5.74, 6) is 0.495. The molecule has 0 saturated carbocycles. The first-order chi connectivity index (χ1) is 11.6. The first-order valence-electron chi connectivity index (χ1n) is 7.72. The number of amides is 2. The van der Waals surface area contributed by atoms with Crippen molar-refractivity contribution in [2.24, 2.45) is 0 Å². The number of carbonyl (C=O) groups is 2. The fourth-order valence-corrected chi connectivity index (χ4v) is 3.28. The third kappa shape index (κ3) is 3.54. The molecule has 0 spiro atoms. The third-order valence-electron chi connectivity index (χ3n) is 3.60. The first-order valence-corrected chi connectivity index (χ1v) is 8.60. The van der Waals surface area contributed by atoms with Crippen molar-refractivity contribution >= 4 is 35.0 Å². The van der Waals surface area contributed by atoms with Crippen molar-refractivity contribution in [3.05, 3.63) is 48.0 Å². The lowest BCUT2D eigenvalue weighted by Crippen LogP contribution is -2.26. The third-order valence-corrected chi connectivity index (χ3v) is 4.77. The van der Waals surface area contributed by atoms with Crippen LogP contribution in [0, 0.1) is 0 Å². The molecule has 0 aliphatic carbocycles. The molecule has 0 fully saturated rings. The zero-order chi connectivity index (χ0) is 17.1. The van der Waals surface area contributed by atoms with Gasteiger partial charge in [-0.3, -0.25) is 9.59 Å². The highest BCUT2D eigenvalue weighted by Gasteiger charge is 2.23. The highest BCUT2D eigenvalue weighted by molar-refractivity contribution is 8.00. The predicted octanol–water partition coefficient (Wildman–Crippen LogP) is 3.77. The van der Waals surface area contributed by atoms with E-state index >= 15 is 0 Å². The molecule has 0 bridgehead atoms. The molecule has 2 aromatic carbocycles. The van der Waals surface area contributed by atoms with E-state index in [4.69, 9.17) is 4.74 Å². The van der Waals surface area contributed by atoms with Gasteiger partial charge < -0.3 is 15.4 Å². The van der Waals surface area contributed by atoms with Gasteiger partial charge in [-0.15, -0.1) is 11.8 Å². The van der Waals surface area contributed by atoms with Crippen LogP contribution in [0.2, 0.25) is 0 Å². The van der Waals surface area contributed by atoms with Gasteiger partial charge in [-0.05, 0) is 56.3 Å². The lowest BCUT2D eigenvalue weighted by Gasteiger charge is -2.21. The molecule has 3 rings (SSSR count). The molecule has 0 radical (unpaired) electrons. The van der Waals surface area contributed by atoms with Gasteiger partial charge in [-0.1, -0.05) is 0 Å². The quantitative estimate of drug-likeness (QED) is 0.887. The fraction of sp³-hybridized carbons (Fsp3) is 0.222. The maximum absolute atomic E-state index is 12.4. The van der Waals surface area contributed by atoms with Crippen molar-refractivity contribution < 1.29 is 14.3 Å². The molecule has 0 aromatic heterocycles. The number of thioether (sulfide) groups is 1. The molecule has 0 saturated heterocycles. The standard InChI is InChI=1S/C18H18N2O3S/c1-3-23-14-7-5-13(6-8-14)19-18(22)12-4-9-16-15(10-12)20-17(21)11(2)24-16/h4-11H,3H2,1-2H3,(H,19,22)(H,20,21)/t11-/m0/s1. The fourth-order valence-electron chi connectivity index (χ4n) is 2.35. The second-order valence-corrected chi connectivity index (χ2v) is 6.75. The summed E-state index contributed by atoms with van der Waals surface area (Å²) in [6.45, 7) is 4.38. The lowest BCUT2D eigenvalue weighted by atomic mass is 10.1. The van der Waals surface area contributed by atoms with Crippen molar-refractivity contribution in [3.63, 3.8) is 0 Å². The van der Waals surface area contributed by atoms with Crippen LogP contribution in [-0.4, -0.2) is 23.7 Å². The molecule has 2 amide bonds. The molecular formula is C18H18N2O3S. The average molecular weight is 342 g/mol. The van der Waals surface area contributed by atoms with E-state index in [1.165, 1.54) is 11.8 Å². The summed E-state index contributed by atoms with van der Waals surface area (Å²) in [5, 5.41) is 5.55. The normalized spacial score (nSPS) is 16.1. The number of hydrogen-bond acceptors (Lipinski definition) is 4. The van der Waals surface area contributed by atoms with Gasteiger partial charge >= 0.3 is 0 Å². The predicted molar refractivity (Wildman–Crippen MR) is 96.0 cm³/mol.